The lowest BCUT2D eigenvalue weighted by atomic mass is 9.92. The van der Waals surface area contributed by atoms with Gasteiger partial charge in [0.25, 0.3) is 0 Å². The first-order chi connectivity index (χ1) is 9.06. The summed E-state index contributed by atoms with van der Waals surface area (Å²) in [5.41, 5.74) is 0.872. The van der Waals surface area contributed by atoms with Crippen molar-refractivity contribution >= 4 is 5.97 Å². The molecule has 0 aliphatic carbocycles. The molecular weight excluding hydrogens is 247 g/mol. The number of aliphatic carboxylic acids is 1. The van der Waals surface area contributed by atoms with E-state index in [-0.39, 0.29) is 24.2 Å². The Morgan fingerprint density at radius 1 is 1.53 bits per heavy atom. The minimum absolute atomic E-state index is 0.119. The number of pyridine rings is 1. The van der Waals surface area contributed by atoms with Crippen LogP contribution in [0.15, 0.2) is 18.5 Å². The van der Waals surface area contributed by atoms with Gasteiger partial charge in [-0.05, 0) is 50.4 Å². The zero-order chi connectivity index (χ0) is 13.8. The van der Waals surface area contributed by atoms with E-state index < -0.39 is 5.97 Å². The summed E-state index contributed by atoms with van der Waals surface area (Å²) in [6, 6.07) is 1.63. The van der Waals surface area contributed by atoms with E-state index in [0.717, 1.165) is 31.5 Å². The minimum Gasteiger partial charge on any atom is -0.481 e. The number of likely N-dealkylation sites (tertiary alicyclic amines) is 1. The molecule has 1 aliphatic rings. The van der Waals surface area contributed by atoms with Gasteiger partial charge in [-0.1, -0.05) is 0 Å². The molecule has 1 aliphatic heterocycles. The van der Waals surface area contributed by atoms with Crippen LogP contribution in [0.5, 0.6) is 0 Å². The Hall–Kier alpha value is -1.49. The maximum Gasteiger partial charge on any atom is 0.303 e. The van der Waals surface area contributed by atoms with Crippen LogP contribution in [0.4, 0.5) is 4.39 Å². The number of aromatic nitrogens is 1. The van der Waals surface area contributed by atoms with Crippen molar-refractivity contribution in [2.45, 2.75) is 32.2 Å². The summed E-state index contributed by atoms with van der Waals surface area (Å²) in [5, 5.41) is 8.79. The Bertz CT molecular complexity index is 445. The molecule has 104 valence electrons. The first kappa shape index (κ1) is 13.9. The molecule has 4 nitrogen and oxygen atoms in total. The molecule has 0 aromatic carbocycles. The maximum absolute atomic E-state index is 13.2. The van der Waals surface area contributed by atoms with Gasteiger partial charge in [-0.25, -0.2) is 4.39 Å². The smallest absolute Gasteiger partial charge is 0.303 e. The quantitative estimate of drug-likeness (QED) is 0.909. The Labute approximate surface area is 112 Å². The average molecular weight is 266 g/mol. The van der Waals surface area contributed by atoms with Crippen molar-refractivity contribution in [2.24, 2.45) is 5.92 Å². The summed E-state index contributed by atoms with van der Waals surface area (Å²) in [5.74, 6) is -0.766. The first-order valence-electron chi connectivity index (χ1n) is 6.62. The lowest BCUT2D eigenvalue weighted by Gasteiger charge is -2.35. The molecule has 1 aromatic heterocycles. The molecule has 1 N–H and O–H groups in total. The lowest BCUT2D eigenvalue weighted by Crippen LogP contribution is -2.36. The standard InChI is InChI=1S/C14H19FN2O2/c1-10(12-7-13(15)9-16-8-12)17-4-2-11(3-5-17)6-14(18)19/h7-11H,2-6H2,1H3,(H,18,19). The highest BCUT2D eigenvalue weighted by Crippen LogP contribution is 2.27. The van der Waals surface area contributed by atoms with Crippen LogP contribution in [0.2, 0.25) is 0 Å². The fourth-order valence-electron chi connectivity index (χ4n) is 2.66. The molecule has 1 atom stereocenters. The second kappa shape index (κ2) is 6.10. The van der Waals surface area contributed by atoms with Crippen molar-refractivity contribution in [3.8, 4) is 0 Å². The van der Waals surface area contributed by atoms with Gasteiger partial charge in [0.15, 0.2) is 0 Å². The van der Waals surface area contributed by atoms with Crippen molar-refractivity contribution in [2.75, 3.05) is 13.1 Å². The molecule has 2 heterocycles. The third-order valence-electron chi connectivity index (χ3n) is 3.87. The van der Waals surface area contributed by atoms with Gasteiger partial charge in [-0.3, -0.25) is 14.7 Å². The average Bonchev–Trinajstić information content (AvgIpc) is 2.38. The monoisotopic (exact) mass is 266 g/mol. The van der Waals surface area contributed by atoms with Crippen molar-refractivity contribution in [3.63, 3.8) is 0 Å². The van der Waals surface area contributed by atoms with Crippen LogP contribution in [0.1, 0.15) is 37.8 Å². The van der Waals surface area contributed by atoms with Gasteiger partial charge in [0.2, 0.25) is 0 Å². The van der Waals surface area contributed by atoms with Crippen LogP contribution in [0, 0.1) is 11.7 Å². The highest BCUT2D eigenvalue weighted by atomic mass is 19.1. The van der Waals surface area contributed by atoms with Crippen LogP contribution in [0.25, 0.3) is 0 Å². The number of piperidine rings is 1. The number of nitrogens with zero attached hydrogens (tertiary/aromatic N) is 2. The molecule has 0 saturated carbocycles. The molecule has 1 aromatic rings. The summed E-state index contributed by atoms with van der Waals surface area (Å²) in [6.07, 6.45) is 4.93. The Morgan fingerprint density at radius 3 is 2.79 bits per heavy atom. The molecule has 1 fully saturated rings. The van der Waals surface area contributed by atoms with Gasteiger partial charge in [0, 0.05) is 18.7 Å². The van der Waals surface area contributed by atoms with E-state index in [1.54, 1.807) is 6.20 Å². The van der Waals surface area contributed by atoms with Gasteiger partial charge in [0.05, 0.1) is 6.20 Å². The first-order valence-corrected chi connectivity index (χ1v) is 6.62. The Morgan fingerprint density at radius 2 is 2.21 bits per heavy atom. The topological polar surface area (TPSA) is 53.4 Å². The van der Waals surface area contributed by atoms with E-state index in [9.17, 15) is 9.18 Å². The lowest BCUT2D eigenvalue weighted by molar-refractivity contribution is -0.138. The summed E-state index contributed by atoms with van der Waals surface area (Å²) in [6.45, 7) is 3.75. The van der Waals surface area contributed by atoms with Crippen molar-refractivity contribution in [3.05, 3.63) is 29.8 Å². The van der Waals surface area contributed by atoms with E-state index in [1.807, 2.05) is 6.92 Å². The summed E-state index contributed by atoms with van der Waals surface area (Å²) in [7, 11) is 0. The van der Waals surface area contributed by atoms with Gasteiger partial charge >= 0.3 is 5.97 Å². The highest BCUT2D eigenvalue weighted by molar-refractivity contribution is 5.67. The molecule has 1 saturated heterocycles. The predicted octanol–water partition coefficient (Wildman–Crippen LogP) is 2.47. The van der Waals surface area contributed by atoms with Crippen LogP contribution >= 0.6 is 0 Å². The maximum atomic E-state index is 13.2. The van der Waals surface area contributed by atoms with E-state index in [2.05, 4.69) is 9.88 Å². The third-order valence-corrected chi connectivity index (χ3v) is 3.87. The molecule has 0 amide bonds. The van der Waals surface area contributed by atoms with E-state index in [1.165, 1.54) is 12.3 Å². The predicted molar refractivity (Wildman–Crippen MR) is 69.2 cm³/mol. The molecule has 2 rings (SSSR count). The number of carbonyl (C=O) groups is 1. The van der Waals surface area contributed by atoms with Crippen LogP contribution < -0.4 is 0 Å². The molecule has 0 radical (unpaired) electrons. The van der Waals surface area contributed by atoms with Crippen molar-refractivity contribution < 1.29 is 14.3 Å². The third kappa shape index (κ3) is 3.73. The van der Waals surface area contributed by atoms with Crippen LogP contribution in [-0.2, 0) is 4.79 Å². The SMILES string of the molecule is CC(c1cncc(F)c1)N1CCC(CC(=O)O)CC1. The van der Waals surface area contributed by atoms with Gasteiger partial charge in [0.1, 0.15) is 5.82 Å². The van der Waals surface area contributed by atoms with Crippen LogP contribution in [0.3, 0.4) is 0 Å². The normalized spacial score (nSPS) is 19.3. The van der Waals surface area contributed by atoms with Crippen molar-refractivity contribution in [1.82, 2.24) is 9.88 Å². The van der Waals surface area contributed by atoms with Crippen LogP contribution in [-0.4, -0.2) is 34.0 Å². The second-order valence-electron chi connectivity index (χ2n) is 5.19. The molecule has 0 spiro atoms. The minimum atomic E-state index is -0.721. The van der Waals surface area contributed by atoms with E-state index >= 15 is 0 Å². The van der Waals surface area contributed by atoms with Crippen molar-refractivity contribution in [1.29, 1.82) is 0 Å². The number of carboxylic acid groups (broad SMARTS) is 1. The molecule has 19 heavy (non-hydrogen) atoms. The number of rotatable bonds is 4. The number of carboxylic acids is 1. The molecule has 1 unspecified atom stereocenters. The van der Waals surface area contributed by atoms with E-state index in [4.69, 9.17) is 5.11 Å². The Kier molecular flexibility index (Phi) is 4.47. The summed E-state index contributed by atoms with van der Waals surface area (Å²) >= 11 is 0. The fourth-order valence-corrected chi connectivity index (χ4v) is 2.66. The van der Waals surface area contributed by atoms with Gasteiger partial charge < -0.3 is 5.11 Å². The van der Waals surface area contributed by atoms with Gasteiger partial charge in [-0.2, -0.15) is 0 Å². The highest BCUT2D eigenvalue weighted by Gasteiger charge is 2.25. The zero-order valence-electron chi connectivity index (χ0n) is 11.1. The molecular formula is C14H19FN2O2. The second-order valence-corrected chi connectivity index (χ2v) is 5.19. The number of halogens is 1. The molecule has 5 heteroatoms. The van der Waals surface area contributed by atoms with Gasteiger partial charge in [-0.15, -0.1) is 0 Å². The fraction of sp³-hybridized carbons (Fsp3) is 0.571. The zero-order valence-corrected chi connectivity index (χ0v) is 11.1. The molecule has 0 bridgehead atoms. The number of hydrogen-bond acceptors (Lipinski definition) is 3. The Balaban J connectivity index is 1.92. The van der Waals surface area contributed by atoms with E-state index in [0.29, 0.717) is 0 Å². The number of hydrogen-bond donors (Lipinski definition) is 1. The summed E-state index contributed by atoms with van der Waals surface area (Å²) in [4.78, 5) is 16.8. The summed E-state index contributed by atoms with van der Waals surface area (Å²) < 4.78 is 13.2. The largest absolute Gasteiger partial charge is 0.481 e.